The Balaban J connectivity index is 1.90. The van der Waals surface area contributed by atoms with Crippen molar-refractivity contribution in [1.29, 1.82) is 0 Å². The largest absolute Gasteiger partial charge is 0.484 e. The van der Waals surface area contributed by atoms with Gasteiger partial charge < -0.3 is 15.4 Å². The Kier molecular flexibility index (Phi) is 6.05. The zero-order valence-electron chi connectivity index (χ0n) is 13.5. The number of rotatable bonds is 7. The van der Waals surface area contributed by atoms with E-state index in [1.54, 1.807) is 24.3 Å². The number of benzene rings is 2. The normalized spacial score (nSPS) is 9.96. The van der Waals surface area contributed by atoms with Crippen molar-refractivity contribution >= 4 is 23.2 Å². The van der Waals surface area contributed by atoms with E-state index in [4.69, 9.17) is 4.74 Å². The Labute approximate surface area is 144 Å². The molecule has 2 rings (SSSR count). The maximum Gasteiger partial charge on any atom is 0.269 e. The molecule has 0 aliphatic carbocycles. The van der Waals surface area contributed by atoms with Crippen LogP contribution in [0, 0.1) is 10.1 Å². The first-order valence-electron chi connectivity index (χ1n) is 7.55. The van der Waals surface area contributed by atoms with Crippen LogP contribution in [0.3, 0.4) is 0 Å². The Hall–Kier alpha value is -3.42. The van der Waals surface area contributed by atoms with Gasteiger partial charge in [-0.1, -0.05) is 6.07 Å². The second kappa shape index (κ2) is 8.44. The van der Waals surface area contributed by atoms with E-state index in [1.807, 2.05) is 6.92 Å². The molecule has 0 fully saturated rings. The predicted molar refractivity (Wildman–Crippen MR) is 91.7 cm³/mol. The number of non-ortho nitro benzene ring substituents is 1. The van der Waals surface area contributed by atoms with E-state index in [1.165, 1.54) is 24.3 Å². The van der Waals surface area contributed by atoms with Gasteiger partial charge in [0.25, 0.3) is 17.5 Å². The first kappa shape index (κ1) is 17.9. The van der Waals surface area contributed by atoms with E-state index >= 15 is 0 Å². The molecule has 0 saturated heterocycles. The summed E-state index contributed by atoms with van der Waals surface area (Å²) >= 11 is 0. The van der Waals surface area contributed by atoms with Gasteiger partial charge >= 0.3 is 0 Å². The minimum absolute atomic E-state index is 0.0565. The van der Waals surface area contributed by atoms with E-state index in [2.05, 4.69) is 10.6 Å². The fourth-order valence-electron chi connectivity index (χ4n) is 2.01. The molecular formula is C17H17N3O5. The molecule has 0 aliphatic rings. The SMILES string of the molecule is CCNC(=O)c1cccc(NC(=O)COc2ccc([N+](=O)[O-])cc2)c1. The molecule has 0 unspecified atom stereocenters. The van der Waals surface area contributed by atoms with Crippen molar-refractivity contribution in [2.75, 3.05) is 18.5 Å². The summed E-state index contributed by atoms with van der Waals surface area (Å²) in [7, 11) is 0. The summed E-state index contributed by atoms with van der Waals surface area (Å²) in [6, 6.07) is 12.0. The van der Waals surface area contributed by atoms with Gasteiger partial charge in [0.1, 0.15) is 5.75 Å². The summed E-state index contributed by atoms with van der Waals surface area (Å²) in [5.74, 6) is -0.288. The number of hydrogen-bond donors (Lipinski definition) is 2. The van der Waals surface area contributed by atoms with E-state index in [0.717, 1.165) is 0 Å². The number of nitrogens with one attached hydrogen (secondary N) is 2. The number of nitrogens with zero attached hydrogens (tertiary/aromatic N) is 1. The Bertz CT molecular complexity index is 774. The lowest BCUT2D eigenvalue weighted by atomic mass is 10.2. The molecule has 0 saturated carbocycles. The molecule has 8 heteroatoms. The first-order valence-corrected chi connectivity index (χ1v) is 7.55. The number of ether oxygens (including phenoxy) is 1. The van der Waals surface area contributed by atoms with Crippen molar-refractivity contribution in [3.63, 3.8) is 0 Å². The molecule has 0 radical (unpaired) electrons. The van der Waals surface area contributed by atoms with Gasteiger partial charge in [0, 0.05) is 29.9 Å². The molecule has 0 aliphatic heterocycles. The molecule has 2 aromatic rings. The number of anilines is 1. The van der Waals surface area contributed by atoms with Gasteiger partial charge in [-0.3, -0.25) is 19.7 Å². The van der Waals surface area contributed by atoms with Gasteiger partial charge in [0.05, 0.1) is 4.92 Å². The molecule has 130 valence electrons. The number of carbonyl (C=O) groups excluding carboxylic acids is 2. The third-order valence-electron chi connectivity index (χ3n) is 3.16. The molecule has 0 spiro atoms. The molecule has 0 bridgehead atoms. The maximum absolute atomic E-state index is 11.9. The van der Waals surface area contributed by atoms with Crippen LogP contribution in [0.15, 0.2) is 48.5 Å². The predicted octanol–water partition coefficient (Wildman–Crippen LogP) is 2.36. The summed E-state index contributed by atoms with van der Waals surface area (Å²) in [6.45, 7) is 2.07. The fourth-order valence-corrected chi connectivity index (χ4v) is 2.01. The van der Waals surface area contributed by atoms with Crippen molar-refractivity contribution in [3.8, 4) is 5.75 Å². The highest BCUT2D eigenvalue weighted by Crippen LogP contribution is 2.17. The van der Waals surface area contributed by atoms with Gasteiger partial charge in [-0.15, -0.1) is 0 Å². The minimum atomic E-state index is -0.516. The zero-order chi connectivity index (χ0) is 18.2. The Morgan fingerprint density at radius 3 is 2.52 bits per heavy atom. The molecule has 2 aromatic carbocycles. The third-order valence-corrected chi connectivity index (χ3v) is 3.16. The van der Waals surface area contributed by atoms with Crippen LogP contribution in [0.5, 0.6) is 5.75 Å². The van der Waals surface area contributed by atoms with E-state index in [9.17, 15) is 19.7 Å². The van der Waals surface area contributed by atoms with Crippen LogP contribution in [-0.2, 0) is 4.79 Å². The summed E-state index contributed by atoms with van der Waals surface area (Å²) in [4.78, 5) is 33.7. The average molecular weight is 343 g/mol. The summed E-state index contributed by atoms with van der Waals surface area (Å²) in [5.41, 5.74) is 0.857. The first-order chi connectivity index (χ1) is 12.0. The van der Waals surface area contributed by atoms with Crippen molar-refractivity contribution < 1.29 is 19.2 Å². The van der Waals surface area contributed by atoms with Crippen LogP contribution in [0.25, 0.3) is 0 Å². The van der Waals surface area contributed by atoms with Gasteiger partial charge in [-0.2, -0.15) is 0 Å². The molecule has 2 N–H and O–H groups in total. The number of nitro benzene ring substituents is 1. The highest BCUT2D eigenvalue weighted by atomic mass is 16.6. The fraction of sp³-hybridized carbons (Fsp3) is 0.176. The molecule has 0 atom stereocenters. The summed E-state index contributed by atoms with van der Waals surface area (Å²) < 4.78 is 5.28. The van der Waals surface area contributed by atoms with Crippen molar-refractivity contribution in [2.24, 2.45) is 0 Å². The van der Waals surface area contributed by atoms with Crippen molar-refractivity contribution in [1.82, 2.24) is 5.32 Å². The van der Waals surface area contributed by atoms with Crippen LogP contribution < -0.4 is 15.4 Å². The molecule has 8 nitrogen and oxygen atoms in total. The summed E-state index contributed by atoms with van der Waals surface area (Å²) in [5, 5.41) is 15.9. The number of amides is 2. The molecular weight excluding hydrogens is 326 g/mol. The van der Waals surface area contributed by atoms with Gasteiger partial charge in [0.15, 0.2) is 6.61 Å². The maximum atomic E-state index is 11.9. The van der Waals surface area contributed by atoms with Crippen LogP contribution in [-0.4, -0.2) is 29.9 Å². The quantitative estimate of drug-likeness (QED) is 0.592. The van der Waals surface area contributed by atoms with Crippen molar-refractivity contribution in [3.05, 3.63) is 64.2 Å². The van der Waals surface area contributed by atoms with Gasteiger partial charge in [0.2, 0.25) is 0 Å². The highest BCUT2D eigenvalue weighted by Gasteiger charge is 2.09. The number of carbonyl (C=O) groups is 2. The van der Waals surface area contributed by atoms with Crippen molar-refractivity contribution in [2.45, 2.75) is 6.92 Å². The smallest absolute Gasteiger partial charge is 0.269 e. The van der Waals surface area contributed by atoms with Crippen LogP contribution in [0.2, 0.25) is 0 Å². The lowest BCUT2D eigenvalue weighted by molar-refractivity contribution is -0.384. The van der Waals surface area contributed by atoms with Crippen LogP contribution >= 0.6 is 0 Å². The highest BCUT2D eigenvalue weighted by molar-refractivity contribution is 5.97. The lowest BCUT2D eigenvalue weighted by Gasteiger charge is -2.09. The topological polar surface area (TPSA) is 111 Å². The molecule has 0 heterocycles. The average Bonchev–Trinajstić information content (AvgIpc) is 2.61. The monoisotopic (exact) mass is 343 g/mol. The summed E-state index contributed by atoms with van der Waals surface area (Å²) in [6.07, 6.45) is 0. The minimum Gasteiger partial charge on any atom is -0.484 e. The number of nitro groups is 1. The molecule has 25 heavy (non-hydrogen) atoms. The Morgan fingerprint density at radius 2 is 1.88 bits per heavy atom. The second-order valence-corrected chi connectivity index (χ2v) is 5.03. The van der Waals surface area contributed by atoms with Crippen LogP contribution in [0.4, 0.5) is 11.4 Å². The van der Waals surface area contributed by atoms with Gasteiger partial charge in [-0.25, -0.2) is 0 Å². The van der Waals surface area contributed by atoms with E-state index < -0.39 is 10.8 Å². The zero-order valence-corrected chi connectivity index (χ0v) is 13.5. The van der Waals surface area contributed by atoms with Crippen LogP contribution in [0.1, 0.15) is 17.3 Å². The van der Waals surface area contributed by atoms with E-state index in [0.29, 0.717) is 23.5 Å². The van der Waals surface area contributed by atoms with E-state index in [-0.39, 0.29) is 18.2 Å². The number of hydrogen-bond acceptors (Lipinski definition) is 5. The third kappa shape index (κ3) is 5.31. The van der Waals surface area contributed by atoms with Gasteiger partial charge in [-0.05, 0) is 37.3 Å². The lowest BCUT2D eigenvalue weighted by Crippen LogP contribution is -2.23. The molecule has 2 amide bonds. The molecule has 0 aromatic heterocycles. The standard InChI is InChI=1S/C17H17N3O5/c1-2-18-17(22)12-4-3-5-13(10-12)19-16(21)11-25-15-8-6-14(7-9-15)20(23)24/h3-10H,2,11H2,1H3,(H,18,22)(H,19,21). The Morgan fingerprint density at radius 1 is 1.16 bits per heavy atom. The second-order valence-electron chi connectivity index (χ2n) is 5.03.